The first-order valence-electron chi connectivity index (χ1n) is 7.15. The maximum absolute atomic E-state index is 13.8. The SMILES string of the molecule is CCN(C)C=Nc1cc(Br)c(S(=O)c2ccccc2F)cc1C. The number of rotatable bonds is 5. The molecule has 0 aliphatic carbocycles. The molecule has 0 spiro atoms. The van der Waals surface area contributed by atoms with Crippen LogP contribution in [0.3, 0.4) is 0 Å². The van der Waals surface area contributed by atoms with Crippen LogP contribution in [0, 0.1) is 12.7 Å². The predicted octanol–water partition coefficient (Wildman–Crippen LogP) is 4.67. The second kappa shape index (κ2) is 7.84. The molecule has 1 atom stereocenters. The van der Waals surface area contributed by atoms with Crippen molar-refractivity contribution in [3.63, 3.8) is 0 Å². The summed E-state index contributed by atoms with van der Waals surface area (Å²) in [6.07, 6.45) is 1.75. The molecule has 6 heteroatoms. The average molecular weight is 397 g/mol. The van der Waals surface area contributed by atoms with Gasteiger partial charge in [-0.3, -0.25) is 0 Å². The van der Waals surface area contributed by atoms with Crippen LogP contribution in [-0.2, 0) is 10.8 Å². The molecule has 0 aliphatic rings. The molecule has 23 heavy (non-hydrogen) atoms. The third-order valence-electron chi connectivity index (χ3n) is 3.38. The summed E-state index contributed by atoms with van der Waals surface area (Å²) in [4.78, 5) is 7.10. The van der Waals surface area contributed by atoms with Crippen LogP contribution < -0.4 is 0 Å². The number of aryl methyl sites for hydroxylation is 1. The zero-order chi connectivity index (χ0) is 17.0. The Hall–Kier alpha value is -1.53. The molecule has 0 heterocycles. The van der Waals surface area contributed by atoms with E-state index in [0.29, 0.717) is 9.37 Å². The van der Waals surface area contributed by atoms with E-state index in [1.807, 2.05) is 31.9 Å². The number of nitrogens with zero attached hydrogens (tertiary/aromatic N) is 2. The van der Waals surface area contributed by atoms with Gasteiger partial charge in [0.25, 0.3) is 0 Å². The molecule has 0 saturated heterocycles. The summed E-state index contributed by atoms with van der Waals surface area (Å²) < 4.78 is 27.2. The van der Waals surface area contributed by atoms with Crippen LogP contribution in [0.25, 0.3) is 0 Å². The van der Waals surface area contributed by atoms with Crippen molar-refractivity contribution in [2.45, 2.75) is 23.6 Å². The van der Waals surface area contributed by atoms with E-state index in [1.54, 1.807) is 24.5 Å². The average Bonchev–Trinajstić information content (AvgIpc) is 2.54. The molecular weight excluding hydrogens is 379 g/mol. The fraction of sp³-hybridized carbons (Fsp3) is 0.235. The Morgan fingerprint density at radius 3 is 2.65 bits per heavy atom. The molecule has 0 saturated carbocycles. The van der Waals surface area contributed by atoms with Crippen molar-refractivity contribution in [2.24, 2.45) is 4.99 Å². The fourth-order valence-electron chi connectivity index (χ4n) is 1.88. The molecular formula is C17H18BrFN2OS. The van der Waals surface area contributed by atoms with E-state index in [-0.39, 0.29) is 4.90 Å². The van der Waals surface area contributed by atoms with Crippen molar-refractivity contribution in [1.82, 2.24) is 4.90 Å². The van der Waals surface area contributed by atoms with Gasteiger partial charge < -0.3 is 4.90 Å². The zero-order valence-corrected chi connectivity index (χ0v) is 15.6. The summed E-state index contributed by atoms with van der Waals surface area (Å²) in [5.41, 5.74) is 1.67. The largest absolute Gasteiger partial charge is 0.366 e. The summed E-state index contributed by atoms with van der Waals surface area (Å²) in [6, 6.07) is 9.70. The number of aliphatic imine (C=N–C) groups is 1. The minimum absolute atomic E-state index is 0.176. The summed E-state index contributed by atoms with van der Waals surface area (Å²) in [5, 5.41) is 0. The van der Waals surface area contributed by atoms with Gasteiger partial charge in [0, 0.05) is 18.1 Å². The van der Waals surface area contributed by atoms with Crippen molar-refractivity contribution in [3.05, 3.63) is 52.3 Å². The van der Waals surface area contributed by atoms with Crippen LogP contribution >= 0.6 is 15.9 Å². The highest BCUT2D eigenvalue weighted by molar-refractivity contribution is 9.10. The molecule has 122 valence electrons. The highest BCUT2D eigenvalue weighted by Gasteiger charge is 2.16. The molecule has 2 aromatic rings. The predicted molar refractivity (Wildman–Crippen MR) is 96.4 cm³/mol. The molecule has 0 amide bonds. The molecule has 0 radical (unpaired) electrons. The van der Waals surface area contributed by atoms with Crippen molar-refractivity contribution in [3.8, 4) is 0 Å². The molecule has 2 aromatic carbocycles. The highest BCUT2D eigenvalue weighted by Crippen LogP contribution is 2.32. The molecule has 0 fully saturated rings. The van der Waals surface area contributed by atoms with Gasteiger partial charge in [-0.1, -0.05) is 12.1 Å². The first-order valence-corrected chi connectivity index (χ1v) is 9.09. The lowest BCUT2D eigenvalue weighted by molar-refractivity contribution is 0.552. The summed E-state index contributed by atoms with van der Waals surface area (Å²) in [5.74, 6) is -0.470. The molecule has 1 unspecified atom stereocenters. The lowest BCUT2D eigenvalue weighted by atomic mass is 10.2. The maximum Gasteiger partial charge on any atom is 0.139 e. The van der Waals surface area contributed by atoms with E-state index in [1.165, 1.54) is 12.1 Å². The van der Waals surface area contributed by atoms with Crippen LogP contribution in [-0.4, -0.2) is 29.0 Å². The standard InChI is InChI=1S/C17H18BrFN2OS/c1-4-21(3)11-20-15-10-13(18)17(9-12(15)2)23(22)16-8-6-5-7-14(16)19/h5-11H,4H2,1-3H3. The Kier molecular flexibility index (Phi) is 6.07. The van der Waals surface area contributed by atoms with Gasteiger partial charge in [-0.15, -0.1) is 0 Å². The van der Waals surface area contributed by atoms with E-state index < -0.39 is 16.6 Å². The summed E-state index contributed by atoms with van der Waals surface area (Å²) in [6.45, 7) is 4.79. The Bertz CT molecular complexity index is 764. The van der Waals surface area contributed by atoms with E-state index in [2.05, 4.69) is 20.9 Å². The summed E-state index contributed by atoms with van der Waals surface area (Å²) in [7, 11) is 0.353. The monoisotopic (exact) mass is 396 g/mol. The highest BCUT2D eigenvalue weighted by atomic mass is 79.9. The fourth-order valence-corrected chi connectivity index (χ4v) is 3.86. The van der Waals surface area contributed by atoms with Crippen LogP contribution in [0.4, 0.5) is 10.1 Å². The van der Waals surface area contributed by atoms with E-state index >= 15 is 0 Å². The Balaban J connectivity index is 2.39. The van der Waals surface area contributed by atoms with Crippen molar-refractivity contribution >= 4 is 38.8 Å². The van der Waals surface area contributed by atoms with Gasteiger partial charge in [0.15, 0.2) is 0 Å². The van der Waals surface area contributed by atoms with E-state index in [0.717, 1.165) is 17.8 Å². The Morgan fingerprint density at radius 2 is 2.00 bits per heavy atom. The number of halogens is 2. The molecule has 3 nitrogen and oxygen atoms in total. The van der Waals surface area contributed by atoms with Crippen LogP contribution in [0.5, 0.6) is 0 Å². The second-order valence-electron chi connectivity index (χ2n) is 5.09. The van der Waals surface area contributed by atoms with Gasteiger partial charge in [-0.05, 0) is 59.6 Å². The number of hydrogen-bond donors (Lipinski definition) is 0. The Morgan fingerprint density at radius 1 is 1.30 bits per heavy atom. The molecule has 0 aliphatic heterocycles. The number of benzene rings is 2. The molecule has 0 N–H and O–H groups in total. The van der Waals surface area contributed by atoms with E-state index in [4.69, 9.17) is 0 Å². The minimum atomic E-state index is -1.59. The summed E-state index contributed by atoms with van der Waals surface area (Å²) >= 11 is 3.42. The van der Waals surface area contributed by atoms with Crippen LogP contribution in [0.15, 0.2) is 55.7 Å². The van der Waals surface area contributed by atoms with Crippen molar-refractivity contribution in [2.75, 3.05) is 13.6 Å². The molecule has 0 bridgehead atoms. The van der Waals surface area contributed by atoms with Gasteiger partial charge in [-0.25, -0.2) is 13.6 Å². The minimum Gasteiger partial charge on any atom is -0.366 e. The molecule has 0 aromatic heterocycles. The number of hydrogen-bond acceptors (Lipinski definition) is 2. The quantitative estimate of drug-likeness (QED) is 0.542. The zero-order valence-electron chi connectivity index (χ0n) is 13.2. The molecule has 2 rings (SSSR count). The van der Waals surface area contributed by atoms with Gasteiger partial charge in [0.2, 0.25) is 0 Å². The lowest BCUT2D eigenvalue weighted by Crippen LogP contribution is -2.14. The Labute approximate surface area is 146 Å². The van der Waals surface area contributed by atoms with Gasteiger partial charge in [0.1, 0.15) is 5.82 Å². The maximum atomic E-state index is 13.8. The lowest BCUT2D eigenvalue weighted by Gasteiger charge is -2.11. The van der Waals surface area contributed by atoms with Crippen LogP contribution in [0.2, 0.25) is 0 Å². The first-order chi connectivity index (χ1) is 10.9. The van der Waals surface area contributed by atoms with Gasteiger partial charge >= 0.3 is 0 Å². The first kappa shape index (κ1) is 17.8. The smallest absolute Gasteiger partial charge is 0.139 e. The van der Waals surface area contributed by atoms with Crippen molar-refractivity contribution < 1.29 is 8.60 Å². The second-order valence-corrected chi connectivity index (χ2v) is 7.36. The topological polar surface area (TPSA) is 32.7 Å². The van der Waals surface area contributed by atoms with Gasteiger partial charge in [0.05, 0.1) is 32.6 Å². The third-order valence-corrected chi connectivity index (χ3v) is 5.77. The normalized spacial score (nSPS) is 12.6. The van der Waals surface area contributed by atoms with Crippen molar-refractivity contribution in [1.29, 1.82) is 0 Å². The third kappa shape index (κ3) is 4.26. The van der Waals surface area contributed by atoms with Gasteiger partial charge in [-0.2, -0.15) is 0 Å². The van der Waals surface area contributed by atoms with E-state index in [9.17, 15) is 8.60 Å². The van der Waals surface area contributed by atoms with Crippen LogP contribution in [0.1, 0.15) is 12.5 Å².